The zero-order valence-corrected chi connectivity index (χ0v) is 15.6. The minimum absolute atomic E-state index is 0.0196. The third-order valence-electron chi connectivity index (χ3n) is 4.97. The van der Waals surface area contributed by atoms with Crippen molar-refractivity contribution < 1.29 is 22.7 Å². The van der Waals surface area contributed by atoms with Crippen LogP contribution in [-0.2, 0) is 6.18 Å². The minimum atomic E-state index is -4.44. The van der Waals surface area contributed by atoms with Crippen molar-refractivity contribution in [3.05, 3.63) is 59.7 Å². The highest BCUT2D eigenvalue weighted by Gasteiger charge is 2.31. The molecule has 1 aliphatic rings. The predicted octanol–water partition coefficient (Wildman–Crippen LogP) is 4.70. The number of halogens is 3. The van der Waals surface area contributed by atoms with Crippen LogP contribution in [0, 0.1) is 5.92 Å². The first kappa shape index (κ1) is 20.2. The summed E-state index contributed by atoms with van der Waals surface area (Å²) in [5, 5.41) is 0. The number of nitrogens with zero attached hydrogens (tertiary/aromatic N) is 1. The van der Waals surface area contributed by atoms with E-state index in [0.717, 1.165) is 25.0 Å². The van der Waals surface area contributed by atoms with Crippen LogP contribution < -0.4 is 10.5 Å². The number of benzene rings is 2. The second kappa shape index (κ2) is 8.22. The summed E-state index contributed by atoms with van der Waals surface area (Å²) in [7, 11) is 0. The van der Waals surface area contributed by atoms with Crippen LogP contribution in [0.2, 0.25) is 0 Å². The van der Waals surface area contributed by atoms with Gasteiger partial charge < -0.3 is 15.4 Å². The number of ether oxygens (including phenoxy) is 1. The standard InChI is InChI=1S/C21H23F3N2O2/c1-14(25)16-6-4-10-26(13-16)20(27)15-5-2-8-18(11-15)28-19-9-3-7-17(12-19)21(22,23)24/h2-3,5,7-9,11-12,14,16H,4,6,10,13,25H2,1H3. The molecule has 4 nitrogen and oxygen atoms in total. The molecule has 2 aromatic rings. The van der Waals surface area contributed by atoms with Gasteiger partial charge in [-0.05, 0) is 62.1 Å². The van der Waals surface area contributed by atoms with Gasteiger partial charge in [0.1, 0.15) is 11.5 Å². The van der Waals surface area contributed by atoms with Gasteiger partial charge in [0, 0.05) is 24.7 Å². The van der Waals surface area contributed by atoms with E-state index >= 15 is 0 Å². The molecule has 0 spiro atoms. The molecule has 7 heteroatoms. The molecule has 2 aromatic carbocycles. The summed E-state index contributed by atoms with van der Waals surface area (Å²) in [5.74, 6) is 0.516. The van der Waals surface area contributed by atoms with Crippen molar-refractivity contribution in [2.24, 2.45) is 11.7 Å². The van der Waals surface area contributed by atoms with E-state index in [1.807, 2.05) is 6.92 Å². The summed E-state index contributed by atoms with van der Waals surface area (Å²) >= 11 is 0. The van der Waals surface area contributed by atoms with Crippen LogP contribution in [0.3, 0.4) is 0 Å². The zero-order chi connectivity index (χ0) is 20.3. The van der Waals surface area contributed by atoms with Crippen LogP contribution in [0.1, 0.15) is 35.7 Å². The number of amides is 1. The Hall–Kier alpha value is -2.54. The Labute approximate surface area is 162 Å². The molecule has 2 atom stereocenters. The molecule has 150 valence electrons. The van der Waals surface area contributed by atoms with E-state index in [1.54, 1.807) is 29.2 Å². The normalized spacial score (nSPS) is 18.6. The van der Waals surface area contributed by atoms with Crippen molar-refractivity contribution in [2.45, 2.75) is 32.0 Å². The number of hydrogen-bond acceptors (Lipinski definition) is 3. The number of rotatable bonds is 4. The Balaban J connectivity index is 1.75. The van der Waals surface area contributed by atoms with E-state index in [2.05, 4.69) is 0 Å². The van der Waals surface area contributed by atoms with Crippen molar-refractivity contribution in [2.75, 3.05) is 13.1 Å². The molecule has 28 heavy (non-hydrogen) atoms. The Morgan fingerprint density at radius 2 is 1.86 bits per heavy atom. The average molecular weight is 392 g/mol. The van der Waals surface area contributed by atoms with Crippen molar-refractivity contribution in [3.63, 3.8) is 0 Å². The number of alkyl halides is 3. The number of piperidine rings is 1. The molecule has 3 rings (SSSR count). The van der Waals surface area contributed by atoms with E-state index in [4.69, 9.17) is 10.5 Å². The van der Waals surface area contributed by atoms with Crippen molar-refractivity contribution >= 4 is 5.91 Å². The van der Waals surface area contributed by atoms with Crippen molar-refractivity contribution in [3.8, 4) is 11.5 Å². The van der Waals surface area contributed by atoms with Crippen LogP contribution in [-0.4, -0.2) is 29.9 Å². The summed E-state index contributed by atoms with van der Waals surface area (Å²) in [5.41, 5.74) is 5.64. The monoisotopic (exact) mass is 392 g/mol. The first-order chi connectivity index (χ1) is 13.2. The quantitative estimate of drug-likeness (QED) is 0.821. The lowest BCUT2D eigenvalue weighted by Crippen LogP contribution is -2.45. The lowest BCUT2D eigenvalue weighted by molar-refractivity contribution is -0.137. The van der Waals surface area contributed by atoms with Gasteiger partial charge in [0.05, 0.1) is 5.56 Å². The van der Waals surface area contributed by atoms with E-state index < -0.39 is 11.7 Å². The van der Waals surface area contributed by atoms with Gasteiger partial charge in [0.2, 0.25) is 0 Å². The van der Waals surface area contributed by atoms with Gasteiger partial charge >= 0.3 is 6.18 Å². The van der Waals surface area contributed by atoms with Crippen LogP contribution in [0.4, 0.5) is 13.2 Å². The molecule has 1 heterocycles. The molecule has 2 unspecified atom stereocenters. The van der Waals surface area contributed by atoms with Gasteiger partial charge in [-0.3, -0.25) is 4.79 Å². The van der Waals surface area contributed by atoms with E-state index in [0.29, 0.717) is 24.4 Å². The Bertz CT molecular complexity index is 836. The fourth-order valence-electron chi connectivity index (χ4n) is 3.37. The number of hydrogen-bond donors (Lipinski definition) is 1. The van der Waals surface area contributed by atoms with Gasteiger partial charge in [0.25, 0.3) is 5.91 Å². The highest BCUT2D eigenvalue weighted by Crippen LogP contribution is 2.33. The highest BCUT2D eigenvalue weighted by atomic mass is 19.4. The topological polar surface area (TPSA) is 55.6 Å². The second-order valence-corrected chi connectivity index (χ2v) is 7.17. The largest absolute Gasteiger partial charge is 0.457 e. The van der Waals surface area contributed by atoms with Crippen LogP contribution in [0.5, 0.6) is 11.5 Å². The smallest absolute Gasteiger partial charge is 0.416 e. The summed E-state index contributed by atoms with van der Waals surface area (Å²) in [6.45, 7) is 3.22. The van der Waals surface area contributed by atoms with Crippen LogP contribution in [0.15, 0.2) is 48.5 Å². The molecule has 0 radical (unpaired) electrons. The van der Waals surface area contributed by atoms with E-state index in [9.17, 15) is 18.0 Å². The number of likely N-dealkylation sites (tertiary alicyclic amines) is 1. The van der Waals surface area contributed by atoms with Crippen molar-refractivity contribution in [1.29, 1.82) is 0 Å². The summed E-state index contributed by atoms with van der Waals surface area (Å²) < 4.78 is 44.1. The molecule has 1 amide bonds. The lowest BCUT2D eigenvalue weighted by atomic mass is 9.92. The first-order valence-electron chi connectivity index (χ1n) is 9.24. The Morgan fingerprint density at radius 3 is 2.54 bits per heavy atom. The molecule has 1 saturated heterocycles. The van der Waals surface area contributed by atoms with Gasteiger partial charge in [-0.2, -0.15) is 13.2 Å². The maximum atomic E-state index is 12.9. The molecule has 1 aliphatic heterocycles. The number of carbonyl (C=O) groups is 1. The molecular formula is C21H23F3N2O2. The molecule has 0 aliphatic carbocycles. The molecule has 1 fully saturated rings. The predicted molar refractivity (Wildman–Crippen MR) is 100 cm³/mol. The molecule has 0 bridgehead atoms. The Morgan fingerprint density at radius 1 is 1.18 bits per heavy atom. The first-order valence-corrected chi connectivity index (χ1v) is 9.24. The van der Waals surface area contributed by atoms with Gasteiger partial charge in [0.15, 0.2) is 0 Å². The zero-order valence-electron chi connectivity index (χ0n) is 15.6. The van der Waals surface area contributed by atoms with Crippen LogP contribution in [0.25, 0.3) is 0 Å². The SMILES string of the molecule is CC(N)C1CCCN(C(=O)c2cccc(Oc3cccc(C(F)(F)F)c3)c2)C1. The Kier molecular flexibility index (Phi) is 5.93. The molecule has 2 N–H and O–H groups in total. The second-order valence-electron chi connectivity index (χ2n) is 7.17. The average Bonchev–Trinajstić information content (AvgIpc) is 2.67. The number of carbonyl (C=O) groups excluding carboxylic acids is 1. The summed E-state index contributed by atoms with van der Waals surface area (Å²) in [6, 6.07) is 11.2. The third kappa shape index (κ3) is 4.84. The van der Waals surface area contributed by atoms with E-state index in [-0.39, 0.29) is 23.6 Å². The maximum absolute atomic E-state index is 12.9. The van der Waals surface area contributed by atoms with Gasteiger partial charge in [-0.25, -0.2) is 0 Å². The molecule has 0 aromatic heterocycles. The minimum Gasteiger partial charge on any atom is -0.457 e. The fourth-order valence-corrected chi connectivity index (χ4v) is 3.37. The lowest BCUT2D eigenvalue weighted by Gasteiger charge is -2.34. The van der Waals surface area contributed by atoms with Crippen LogP contribution >= 0.6 is 0 Å². The highest BCUT2D eigenvalue weighted by molar-refractivity contribution is 5.94. The summed E-state index contributed by atoms with van der Waals surface area (Å²) in [4.78, 5) is 14.6. The van der Waals surface area contributed by atoms with Crippen molar-refractivity contribution in [1.82, 2.24) is 4.90 Å². The maximum Gasteiger partial charge on any atom is 0.416 e. The molecule has 0 saturated carbocycles. The van der Waals surface area contributed by atoms with Gasteiger partial charge in [-0.15, -0.1) is 0 Å². The molecular weight excluding hydrogens is 369 g/mol. The number of nitrogens with two attached hydrogens (primary N) is 1. The fraction of sp³-hybridized carbons (Fsp3) is 0.381. The van der Waals surface area contributed by atoms with Gasteiger partial charge in [-0.1, -0.05) is 12.1 Å². The van der Waals surface area contributed by atoms with E-state index in [1.165, 1.54) is 12.1 Å². The summed E-state index contributed by atoms with van der Waals surface area (Å²) in [6.07, 6.45) is -2.54. The third-order valence-corrected chi connectivity index (χ3v) is 4.97.